The normalized spacial score (nSPS) is 16.1. The number of aryl methyl sites for hydroxylation is 2. The summed E-state index contributed by atoms with van der Waals surface area (Å²) in [6, 6.07) is 2.00. The Labute approximate surface area is 126 Å². The summed E-state index contributed by atoms with van der Waals surface area (Å²) < 4.78 is 0. The fourth-order valence-corrected chi connectivity index (χ4v) is 2.37. The highest BCUT2D eigenvalue weighted by Gasteiger charge is 2.20. The number of hydrogen-bond donors (Lipinski definition) is 0. The third-order valence-corrected chi connectivity index (χ3v) is 3.41. The molecule has 1 aromatic heterocycles. The van der Waals surface area contributed by atoms with E-state index in [1.165, 1.54) is 0 Å². The largest absolute Gasteiger partial charge is 0.353 e. The Morgan fingerprint density at radius 3 is 2.48 bits per heavy atom. The van der Waals surface area contributed by atoms with Crippen molar-refractivity contribution in [1.82, 2.24) is 14.9 Å². The summed E-state index contributed by atoms with van der Waals surface area (Å²) in [5, 5.41) is 0. The lowest BCUT2D eigenvalue weighted by atomic mass is 10.3. The molecule has 0 saturated carbocycles. The average Bonchev–Trinajstić information content (AvgIpc) is 2.46. The van der Waals surface area contributed by atoms with Gasteiger partial charge in [0.25, 0.3) is 0 Å². The first-order chi connectivity index (χ1) is 10.1. The summed E-state index contributed by atoms with van der Waals surface area (Å²) in [6.07, 6.45) is 7.17. The topological polar surface area (TPSA) is 49.3 Å². The Morgan fingerprint density at radius 2 is 1.86 bits per heavy atom. The maximum Gasteiger partial charge on any atom is 0.246 e. The zero-order valence-corrected chi connectivity index (χ0v) is 12.9. The average molecular weight is 286 g/mol. The van der Waals surface area contributed by atoms with Gasteiger partial charge in [-0.1, -0.05) is 18.2 Å². The van der Waals surface area contributed by atoms with Crippen LogP contribution in [0.4, 0.5) is 5.82 Å². The molecule has 1 fully saturated rings. The quantitative estimate of drug-likeness (QED) is 0.629. The van der Waals surface area contributed by atoms with Crippen LogP contribution in [-0.2, 0) is 4.79 Å². The monoisotopic (exact) mass is 286 g/mol. The number of hydrogen-bond acceptors (Lipinski definition) is 4. The maximum absolute atomic E-state index is 12.0. The zero-order chi connectivity index (χ0) is 15.2. The van der Waals surface area contributed by atoms with E-state index < -0.39 is 0 Å². The van der Waals surface area contributed by atoms with Gasteiger partial charge in [-0.05, 0) is 20.8 Å². The van der Waals surface area contributed by atoms with Crippen LogP contribution in [0.15, 0.2) is 30.4 Å². The smallest absolute Gasteiger partial charge is 0.246 e. The molecule has 112 valence electrons. The summed E-state index contributed by atoms with van der Waals surface area (Å²) in [4.78, 5) is 24.8. The molecule has 1 aliphatic rings. The molecule has 2 rings (SSSR count). The molecule has 1 aliphatic heterocycles. The first-order valence-corrected chi connectivity index (χ1v) is 7.25. The molecule has 0 N–H and O–H groups in total. The van der Waals surface area contributed by atoms with E-state index in [1.807, 2.05) is 43.9 Å². The highest BCUT2D eigenvalue weighted by atomic mass is 16.2. The minimum absolute atomic E-state index is 0.0720. The SMILES string of the molecule is C/C=C/C=C\C(=O)N1CCN(c2cc(C)nc(C)n2)CC1. The standard InChI is InChI=1S/C16H22N4O/c1-4-5-6-7-16(21)20-10-8-19(9-11-20)15-12-13(2)17-14(3)18-15/h4-7,12H,8-11H2,1-3H3/b5-4+,7-6-. The van der Waals surface area contributed by atoms with E-state index in [1.54, 1.807) is 12.2 Å². The molecule has 5 nitrogen and oxygen atoms in total. The summed E-state index contributed by atoms with van der Waals surface area (Å²) in [7, 11) is 0. The van der Waals surface area contributed by atoms with Crippen molar-refractivity contribution < 1.29 is 4.79 Å². The number of piperazine rings is 1. The summed E-state index contributed by atoms with van der Waals surface area (Å²) in [6.45, 7) is 8.87. The number of anilines is 1. The van der Waals surface area contributed by atoms with Crippen LogP contribution < -0.4 is 4.90 Å². The van der Waals surface area contributed by atoms with Crippen LogP contribution in [0.2, 0.25) is 0 Å². The molecule has 21 heavy (non-hydrogen) atoms. The molecular formula is C16H22N4O. The summed E-state index contributed by atoms with van der Waals surface area (Å²) >= 11 is 0. The van der Waals surface area contributed by atoms with Gasteiger partial charge in [-0.3, -0.25) is 4.79 Å². The molecular weight excluding hydrogens is 264 g/mol. The van der Waals surface area contributed by atoms with Crippen LogP contribution in [0, 0.1) is 13.8 Å². The fourth-order valence-electron chi connectivity index (χ4n) is 2.37. The molecule has 1 saturated heterocycles. The second kappa shape index (κ2) is 7.02. The van der Waals surface area contributed by atoms with E-state index in [0.717, 1.165) is 43.5 Å². The highest BCUT2D eigenvalue weighted by Crippen LogP contribution is 2.15. The van der Waals surface area contributed by atoms with Crippen molar-refractivity contribution >= 4 is 11.7 Å². The van der Waals surface area contributed by atoms with Gasteiger partial charge in [0, 0.05) is 44.0 Å². The predicted octanol–water partition coefficient (Wildman–Crippen LogP) is 1.87. The third-order valence-electron chi connectivity index (χ3n) is 3.41. The molecule has 0 bridgehead atoms. The lowest BCUT2D eigenvalue weighted by Gasteiger charge is -2.35. The summed E-state index contributed by atoms with van der Waals surface area (Å²) in [5.74, 6) is 1.82. The molecule has 0 radical (unpaired) electrons. The van der Waals surface area contributed by atoms with E-state index >= 15 is 0 Å². The Balaban J connectivity index is 1.95. The maximum atomic E-state index is 12.0. The van der Waals surface area contributed by atoms with Gasteiger partial charge in [-0.2, -0.15) is 0 Å². The van der Waals surface area contributed by atoms with Crippen molar-refractivity contribution in [2.45, 2.75) is 20.8 Å². The molecule has 1 amide bonds. The van der Waals surface area contributed by atoms with Gasteiger partial charge in [0.15, 0.2) is 0 Å². The van der Waals surface area contributed by atoms with Crippen molar-refractivity contribution in [2.24, 2.45) is 0 Å². The molecule has 5 heteroatoms. The minimum Gasteiger partial charge on any atom is -0.353 e. The first kappa shape index (κ1) is 15.2. The van der Waals surface area contributed by atoms with Crippen molar-refractivity contribution in [3.8, 4) is 0 Å². The van der Waals surface area contributed by atoms with E-state index in [0.29, 0.717) is 0 Å². The number of nitrogens with zero attached hydrogens (tertiary/aromatic N) is 4. The Kier molecular flexibility index (Phi) is 5.09. The van der Waals surface area contributed by atoms with Crippen molar-refractivity contribution in [1.29, 1.82) is 0 Å². The van der Waals surface area contributed by atoms with E-state index in [9.17, 15) is 4.79 Å². The van der Waals surface area contributed by atoms with Crippen molar-refractivity contribution in [3.05, 3.63) is 41.9 Å². The molecule has 2 heterocycles. The van der Waals surface area contributed by atoms with Gasteiger partial charge in [0.05, 0.1) is 0 Å². The van der Waals surface area contributed by atoms with Gasteiger partial charge in [-0.25, -0.2) is 9.97 Å². The van der Waals surface area contributed by atoms with Gasteiger partial charge in [0.2, 0.25) is 5.91 Å². The second-order valence-electron chi connectivity index (χ2n) is 5.11. The second-order valence-corrected chi connectivity index (χ2v) is 5.11. The molecule has 0 aliphatic carbocycles. The molecule has 0 unspecified atom stereocenters. The van der Waals surface area contributed by atoms with Crippen LogP contribution in [-0.4, -0.2) is 47.0 Å². The first-order valence-electron chi connectivity index (χ1n) is 7.25. The zero-order valence-electron chi connectivity index (χ0n) is 12.9. The Bertz CT molecular complexity index is 537. The molecule has 1 aromatic rings. The van der Waals surface area contributed by atoms with Crippen LogP contribution >= 0.6 is 0 Å². The van der Waals surface area contributed by atoms with Gasteiger partial charge in [-0.15, -0.1) is 0 Å². The molecule has 0 spiro atoms. The predicted molar refractivity (Wildman–Crippen MR) is 84.3 cm³/mol. The summed E-state index contributed by atoms with van der Waals surface area (Å²) in [5.41, 5.74) is 0.977. The third kappa shape index (κ3) is 4.15. The van der Waals surface area contributed by atoms with E-state index in [4.69, 9.17) is 0 Å². The van der Waals surface area contributed by atoms with Gasteiger partial charge < -0.3 is 9.80 Å². The van der Waals surface area contributed by atoms with Crippen LogP contribution in [0.25, 0.3) is 0 Å². The van der Waals surface area contributed by atoms with Crippen molar-refractivity contribution in [2.75, 3.05) is 31.1 Å². The molecule has 0 aromatic carbocycles. The van der Waals surface area contributed by atoms with Crippen LogP contribution in [0.5, 0.6) is 0 Å². The lowest BCUT2D eigenvalue weighted by molar-refractivity contribution is -0.126. The number of carbonyl (C=O) groups excluding carboxylic acids is 1. The number of amides is 1. The number of allylic oxidation sites excluding steroid dienone is 3. The number of rotatable bonds is 3. The fraction of sp³-hybridized carbons (Fsp3) is 0.438. The van der Waals surface area contributed by atoms with E-state index in [2.05, 4.69) is 14.9 Å². The number of carbonyl (C=O) groups is 1. The van der Waals surface area contributed by atoms with Crippen molar-refractivity contribution in [3.63, 3.8) is 0 Å². The number of aromatic nitrogens is 2. The highest BCUT2D eigenvalue weighted by molar-refractivity contribution is 5.88. The van der Waals surface area contributed by atoms with Gasteiger partial charge in [0.1, 0.15) is 11.6 Å². The lowest BCUT2D eigenvalue weighted by Crippen LogP contribution is -2.48. The minimum atomic E-state index is 0.0720. The Hall–Kier alpha value is -2.17. The van der Waals surface area contributed by atoms with Crippen LogP contribution in [0.1, 0.15) is 18.4 Å². The Morgan fingerprint density at radius 1 is 1.14 bits per heavy atom. The van der Waals surface area contributed by atoms with Crippen LogP contribution in [0.3, 0.4) is 0 Å². The van der Waals surface area contributed by atoms with Gasteiger partial charge >= 0.3 is 0 Å². The van der Waals surface area contributed by atoms with E-state index in [-0.39, 0.29) is 5.91 Å². The molecule has 0 atom stereocenters.